The molecule has 0 aromatic heterocycles. The van der Waals surface area contributed by atoms with Gasteiger partial charge in [0.2, 0.25) is 0 Å². The van der Waals surface area contributed by atoms with E-state index in [1.165, 1.54) is 19.3 Å². The minimum absolute atomic E-state index is 0.289. The van der Waals surface area contributed by atoms with Crippen molar-refractivity contribution in [1.82, 2.24) is 0 Å². The molecule has 0 spiro atoms. The number of hydrogen-bond donors (Lipinski definition) is 1. The van der Waals surface area contributed by atoms with Crippen LogP contribution in [0.25, 0.3) is 0 Å². The minimum Gasteiger partial charge on any atom is -0.390 e. The number of rotatable bonds is 0. The maximum Gasteiger partial charge on any atom is 0.0650 e. The van der Waals surface area contributed by atoms with E-state index in [9.17, 15) is 5.11 Å². The minimum atomic E-state index is -0.289. The van der Waals surface area contributed by atoms with Gasteiger partial charge in [-0.05, 0) is 38.0 Å². The molecule has 2 aliphatic rings. The van der Waals surface area contributed by atoms with Crippen LogP contribution in [0.4, 0.5) is 0 Å². The monoisotopic (exact) mass is 126 g/mol. The first-order valence-corrected chi connectivity index (χ1v) is 3.92. The highest BCUT2D eigenvalue weighted by Gasteiger charge is 2.51. The third kappa shape index (κ3) is 0.787. The van der Waals surface area contributed by atoms with Crippen molar-refractivity contribution in [3.8, 4) is 0 Å². The standard InChI is InChI=1S/C8H14O/c1-8(9)4-2-3-6-5-7(6)8/h6-7,9H,2-5H2,1H3/t6-,7-,8-/m0/s1. The summed E-state index contributed by atoms with van der Waals surface area (Å²) in [6.07, 6.45) is 4.95. The zero-order chi connectivity index (χ0) is 6.48. The van der Waals surface area contributed by atoms with Gasteiger partial charge in [-0.25, -0.2) is 0 Å². The molecule has 9 heavy (non-hydrogen) atoms. The van der Waals surface area contributed by atoms with Gasteiger partial charge in [-0.1, -0.05) is 6.42 Å². The van der Waals surface area contributed by atoms with Gasteiger partial charge in [0.25, 0.3) is 0 Å². The third-order valence-electron chi connectivity index (χ3n) is 2.98. The number of hydrogen-bond acceptors (Lipinski definition) is 1. The second-order valence-corrected chi connectivity index (χ2v) is 3.85. The summed E-state index contributed by atoms with van der Waals surface area (Å²) in [7, 11) is 0. The molecule has 0 amide bonds. The lowest BCUT2D eigenvalue weighted by Crippen LogP contribution is -2.30. The predicted molar refractivity (Wildman–Crippen MR) is 36.1 cm³/mol. The van der Waals surface area contributed by atoms with Crippen LogP contribution in [0.2, 0.25) is 0 Å². The Bertz CT molecular complexity index is 129. The molecule has 0 aromatic carbocycles. The van der Waals surface area contributed by atoms with E-state index >= 15 is 0 Å². The van der Waals surface area contributed by atoms with E-state index in [2.05, 4.69) is 0 Å². The molecule has 2 fully saturated rings. The highest BCUT2D eigenvalue weighted by Crippen LogP contribution is 2.54. The first kappa shape index (κ1) is 5.72. The average Bonchev–Trinajstić information content (AvgIpc) is 2.43. The van der Waals surface area contributed by atoms with Crippen molar-refractivity contribution >= 4 is 0 Å². The Morgan fingerprint density at radius 3 is 2.89 bits per heavy atom. The third-order valence-corrected chi connectivity index (χ3v) is 2.98. The molecular formula is C8H14O. The normalized spacial score (nSPS) is 56.7. The summed E-state index contributed by atoms with van der Waals surface area (Å²) in [6, 6.07) is 0. The zero-order valence-corrected chi connectivity index (χ0v) is 5.93. The van der Waals surface area contributed by atoms with Crippen molar-refractivity contribution in [2.45, 2.75) is 38.2 Å². The first-order valence-electron chi connectivity index (χ1n) is 3.92. The van der Waals surface area contributed by atoms with E-state index in [0.717, 1.165) is 12.3 Å². The van der Waals surface area contributed by atoms with Crippen molar-refractivity contribution < 1.29 is 5.11 Å². The Balaban J connectivity index is 2.09. The van der Waals surface area contributed by atoms with Crippen LogP contribution in [0.3, 0.4) is 0 Å². The van der Waals surface area contributed by atoms with E-state index in [0.29, 0.717) is 5.92 Å². The summed E-state index contributed by atoms with van der Waals surface area (Å²) in [5, 5.41) is 9.68. The molecule has 0 heterocycles. The van der Waals surface area contributed by atoms with Crippen LogP contribution in [0, 0.1) is 11.8 Å². The molecule has 3 atom stereocenters. The van der Waals surface area contributed by atoms with Crippen molar-refractivity contribution in [2.75, 3.05) is 0 Å². The summed E-state index contributed by atoms with van der Waals surface area (Å²) < 4.78 is 0. The molecule has 0 saturated heterocycles. The largest absolute Gasteiger partial charge is 0.390 e. The SMILES string of the molecule is C[C@]1(O)CCC[C@H]2C[C@@H]21. The molecule has 0 unspecified atom stereocenters. The topological polar surface area (TPSA) is 20.2 Å². The molecular weight excluding hydrogens is 112 g/mol. The fourth-order valence-corrected chi connectivity index (χ4v) is 2.24. The lowest BCUT2D eigenvalue weighted by Gasteiger charge is -2.27. The Labute approximate surface area is 56.1 Å². The lowest BCUT2D eigenvalue weighted by molar-refractivity contribution is 0.00747. The summed E-state index contributed by atoms with van der Waals surface area (Å²) in [6.45, 7) is 2.00. The molecule has 0 aromatic rings. The second-order valence-electron chi connectivity index (χ2n) is 3.85. The van der Waals surface area contributed by atoms with Crippen LogP contribution in [0.5, 0.6) is 0 Å². The quantitative estimate of drug-likeness (QED) is 0.522. The van der Waals surface area contributed by atoms with Crippen LogP contribution in [0.1, 0.15) is 32.6 Å². The van der Waals surface area contributed by atoms with Gasteiger partial charge < -0.3 is 5.11 Å². The Hall–Kier alpha value is -0.0400. The Kier molecular flexibility index (Phi) is 0.963. The van der Waals surface area contributed by atoms with E-state index < -0.39 is 0 Å². The van der Waals surface area contributed by atoms with Gasteiger partial charge in [-0.3, -0.25) is 0 Å². The van der Waals surface area contributed by atoms with Crippen LogP contribution in [-0.4, -0.2) is 10.7 Å². The van der Waals surface area contributed by atoms with Gasteiger partial charge in [0.15, 0.2) is 0 Å². The number of fused-ring (bicyclic) bond motifs is 1. The van der Waals surface area contributed by atoms with Gasteiger partial charge in [-0.2, -0.15) is 0 Å². The summed E-state index contributed by atoms with van der Waals surface area (Å²) in [5.41, 5.74) is -0.289. The maximum atomic E-state index is 9.68. The van der Waals surface area contributed by atoms with E-state index in [4.69, 9.17) is 0 Å². The molecule has 2 aliphatic carbocycles. The van der Waals surface area contributed by atoms with E-state index in [-0.39, 0.29) is 5.60 Å². The molecule has 0 bridgehead atoms. The predicted octanol–water partition coefficient (Wildman–Crippen LogP) is 1.56. The van der Waals surface area contributed by atoms with Crippen LogP contribution >= 0.6 is 0 Å². The molecule has 0 radical (unpaired) electrons. The van der Waals surface area contributed by atoms with Gasteiger partial charge >= 0.3 is 0 Å². The summed E-state index contributed by atoms with van der Waals surface area (Å²) >= 11 is 0. The van der Waals surface area contributed by atoms with Crippen molar-refractivity contribution in [2.24, 2.45) is 11.8 Å². The summed E-state index contributed by atoms with van der Waals surface area (Å²) in [4.78, 5) is 0. The van der Waals surface area contributed by atoms with Crippen molar-refractivity contribution in [1.29, 1.82) is 0 Å². The molecule has 1 heteroatoms. The van der Waals surface area contributed by atoms with E-state index in [1.807, 2.05) is 6.92 Å². The lowest BCUT2D eigenvalue weighted by atomic mass is 9.86. The van der Waals surface area contributed by atoms with Gasteiger partial charge in [0, 0.05) is 0 Å². The molecule has 1 N–H and O–H groups in total. The van der Waals surface area contributed by atoms with Gasteiger partial charge in [0.05, 0.1) is 5.60 Å². The molecule has 2 saturated carbocycles. The van der Waals surface area contributed by atoms with Gasteiger partial charge in [0.1, 0.15) is 0 Å². The Morgan fingerprint density at radius 2 is 2.33 bits per heavy atom. The molecule has 0 aliphatic heterocycles. The zero-order valence-electron chi connectivity index (χ0n) is 5.93. The fraction of sp³-hybridized carbons (Fsp3) is 1.00. The maximum absolute atomic E-state index is 9.68. The fourth-order valence-electron chi connectivity index (χ4n) is 2.24. The smallest absolute Gasteiger partial charge is 0.0650 e. The highest BCUT2D eigenvalue weighted by atomic mass is 16.3. The van der Waals surface area contributed by atoms with Crippen LogP contribution in [0.15, 0.2) is 0 Å². The summed E-state index contributed by atoms with van der Waals surface area (Å²) in [5.74, 6) is 1.57. The van der Waals surface area contributed by atoms with Gasteiger partial charge in [-0.15, -0.1) is 0 Å². The highest BCUT2D eigenvalue weighted by molar-refractivity contribution is 5.01. The average molecular weight is 126 g/mol. The molecule has 2 rings (SSSR count). The van der Waals surface area contributed by atoms with E-state index in [1.54, 1.807) is 0 Å². The molecule has 52 valence electrons. The van der Waals surface area contributed by atoms with Crippen molar-refractivity contribution in [3.63, 3.8) is 0 Å². The first-order chi connectivity index (χ1) is 4.20. The van der Waals surface area contributed by atoms with Crippen LogP contribution < -0.4 is 0 Å². The van der Waals surface area contributed by atoms with Crippen LogP contribution in [-0.2, 0) is 0 Å². The van der Waals surface area contributed by atoms with Crippen molar-refractivity contribution in [3.05, 3.63) is 0 Å². The Morgan fingerprint density at radius 1 is 1.56 bits per heavy atom. The second kappa shape index (κ2) is 1.51. The molecule has 1 nitrogen and oxygen atoms in total. The number of aliphatic hydroxyl groups is 1.